The second-order valence-electron chi connectivity index (χ2n) is 4.14. The van der Waals surface area contributed by atoms with Crippen LogP contribution in [0.3, 0.4) is 0 Å². The van der Waals surface area contributed by atoms with E-state index in [1.54, 1.807) is 6.20 Å². The Hall–Kier alpha value is -1.38. The lowest BCUT2D eigenvalue weighted by Crippen LogP contribution is -2.20. The number of carboxylic acids is 1. The molecular formula is C12H15NO2. The molecule has 15 heavy (non-hydrogen) atoms. The van der Waals surface area contributed by atoms with Gasteiger partial charge in [-0.2, -0.15) is 0 Å². The van der Waals surface area contributed by atoms with Crippen LogP contribution < -0.4 is 0 Å². The van der Waals surface area contributed by atoms with Crippen LogP contribution in [0.4, 0.5) is 0 Å². The zero-order valence-corrected chi connectivity index (χ0v) is 8.60. The van der Waals surface area contributed by atoms with E-state index in [-0.39, 0.29) is 5.92 Å². The maximum absolute atomic E-state index is 10.8. The first-order chi connectivity index (χ1) is 7.27. The number of aliphatic carboxylic acids is 1. The lowest BCUT2D eigenvalue weighted by atomic mass is 9.80. The van der Waals surface area contributed by atoms with Crippen LogP contribution in [-0.4, -0.2) is 16.1 Å². The summed E-state index contributed by atoms with van der Waals surface area (Å²) in [6.07, 6.45) is 5.29. The zero-order valence-electron chi connectivity index (χ0n) is 8.60. The van der Waals surface area contributed by atoms with E-state index in [4.69, 9.17) is 5.11 Å². The second kappa shape index (κ2) is 4.43. The van der Waals surface area contributed by atoms with E-state index in [2.05, 4.69) is 4.98 Å². The first-order valence-electron chi connectivity index (χ1n) is 5.41. The molecule has 0 aromatic carbocycles. The molecule has 1 aromatic heterocycles. The third-order valence-corrected chi connectivity index (χ3v) is 3.18. The molecule has 1 N–H and O–H groups in total. The molecule has 1 fully saturated rings. The number of pyridine rings is 1. The molecular weight excluding hydrogens is 190 g/mol. The highest BCUT2D eigenvalue weighted by Crippen LogP contribution is 2.34. The largest absolute Gasteiger partial charge is 0.481 e. The van der Waals surface area contributed by atoms with Gasteiger partial charge in [-0.3, -0.25) is 9.78 Å². The molecule has 2 rings (SSSR count). The number of hydrogen-bond acceptors (Lipinski definition) is 2. The van der Waals surface area contributed by atoms with Gasteiger partial charge in [-0.1, -0.05) is 6.07 Å². The maximum Gasteiger partial charge on any atom is 0.306 e. The molecule has 1 saturated carbocycles. The van der Waals surface area contributed by atoms with Crippen LogP contribution >= 0.6 is 0 Å². The molecule has 0 amide bonds. The van der Waals surface area contributed by atoms with E-state index >= 15 is 0 Å². The van der Waals surface area contributed by atoms with Gasteiger partial charge < -0.3 is 5.11 Å². The Kier molecular flexibility index (Phi) is 2.99. The molecule has 0 bridgehead atoms. The van der Waals surface area contributed by atoms with Crippen LogP contribution in [-0.2, 0) is 4.79 Å². The van der Waals surface area contributed by atoms with Crippen LogP contribution in [0, 0.1) is 5.92 Å². The molecule has 0 spiro atoms. The SMILES string of the molecule is O=C(O)C1CCC(c2ccccn2)CC1. The summed E-state index contributed by atoms with van der Waals surface area (Å²) in [4.78, 5) is 15.1. The second-order valence-corrected chi connectivity index (χ2v) is 4.14. The van der Waals surface area contributed by atoms with Crippen molar-refractivity contribution in [1.29, 1.82) is 0 Å². The van der Waals surface area contributed by atoms with Crippen molar-refractivity contribution >= 4 is 5.97 Å². The highest BCUT2D eigenvalue weighted by molar-refractivity contribution is 5.70. The first-order valence-corrected chi connectivity index (χ1v) is 5.41. The van der Waals surface area contributed by atoms with Crippen molar-refractivity contribution in [3.05, 3.63) is 30.1 Å². The van der Waals surface area contributed by atoms with E-state index in [0.29, 0.717) is 5.92 Å². The van der Waals surface area contributed by atoms with Crippen LogP contribution in [0.5, 0.6) is 0 Å². The van der Waals surface area contributed by atoms with E-state index in [9.17, 15) is 4.79 Å². The van der Waals surface area contributed by atoms with Gasteiger partial charge in [-0.25, -0.2) is 0 Å². The number of nitrogens with zero attached hydrogens (tertiary/aromatic N) is 1. The Morgan fingerprint density at radius 2 is 2.00 bits per heavy atom. The van der Waals surface area contributed by atoms with Crippen molar-refractivity contribution in [2.24, 2.45) is 5.92 Å². The Morgan fingerprint density at radius 1 is 1.27 bits per heavy atom. The van der Waals surface area contributed by atoms with Crippen molar-refractivity contribution in [3.8, 4) is 0 Å². The molecule has 1 aromatic rings. The van der Waals surface area contributed by atoms with Crippen LogP contribution in [0.2, 0.25) is 0 Å². The number of rotatable bonds is 2. The summed E-state index contributed by atoms with van der Waals surface area (Å²) in [6, 6.07) is 5.93. The van der Waals surface area contributed by atoms with E-state index < -0.39 is 5.97 Å². The van der Waals surface area contributed by atoms with Gasteiger partial charge in [0.05, 0.1) is 5.92 Å². The summed E-state index contributed by atoms with van der Waals surface area (Å²) in [5.41, 5.74) is 1.11. The van der Waals surface area contributed by atoms with Gasteiger partial charge in [0, 0.05) is 17.8 Å². The maximum atomic E-state index is 10.8. The van der Waals surface area contributed by atoms with Crippen molar-refractivity contribution in [3.63, 3.8) is 0 Å². The Bertz CT molecular complexity index is 329. The Morgan fingerprint density at radius 3 is 2.53 bits per heavy atom. The predicted molar refractivity (Wildman–Crippen MR) is 56.6 cm³/mol. The molecule has 0 radical (unpaired) electrons. The average Bonchev–Trinajstić information content (AvgIpc) is 2.30. The number of hydrogen-bond donors (Lipinski definition) is 1. The fraction of sp³-hybridized carbons (Fsp3) is 0.500. The van der Waals surface area contributed by atoms with Crippen LogP contribution in [0.15, 0.2) is 24.4 Å². The molecule has 0 saturated heterocycles. The highest BCUT2D eigenvalue weighted by Gasteiger charge is 2.26. The van der Waals surface area contributed by atoms with Gasteiger partial charge in [0.2, 0.25) is 0 Å². The highest BCUT2D eigenvalue weighted by atomic mass is 16.4. The van der Waals surface area contributed by atoms with Gasteiger partial charge in [0.1, 0.15) is 0 Å². The zero-order chi connectivity index (χ0) is 10.7. The smallest absolute Gasteiger partial charge is 0.306 e. The lowest BCUT2D eigenvalue weighted by Gasteiger charge is -2.25. The molecule has 1 aliphatic carbocycles. The molecule has 80 valence electrons. The van der Waals surface area contributed by atoms with Crippen molar-refractivity contribution in [1.82, 2.24) is 4.98 Å². The van der Waals surface area contributed by atoms with E-state index in [1.807, 2.05) is 18.2 Å². The molecule has 1 heterocycles. The minimum atomic E-state index is -0.644. The third kappa shape index (κ3) is 2.35. The molecule has 3 nitrogen and oxygen atoms in total. The normalized spacial score (nSPS) is 26.1. The quantitative estimate of drug-likeness (QED) is 0.806. The third-order valence-electron chi connectivity index (χ3n) is 3.18. The minimum absolute atomic E-state index is 0.134. The summed E-state index contributed by atoms with van der Waals surface area (Å²) in [6.45, 7) is 0. The standard InChI is InChI=1S/C12H15NO2/c14-12(15)10-6-4-9(5-7-10)11-3-1-2-8-13-11/h1-3,8-10H,4-7H2,(H,14,15). The predicted octanol–water partition coefficient (Wildman–Crippen LogP) is 2.44. The van der Waals surface area contributed by atoms with Gasteiger partial charge in [0.15, 0.2) is 0 Å². The van der Waals surface area contributed by atoms with Crippen LogP contribution in [0.25, 0.3) is 0 Å². The number of aromatic nitrogens is 1. The summed E-state index contributed by atoms with van der Waals surface area (Å²) in [5.74, 6) is -0.318. The average molecular weight is 205 g/mol. The fourth-order valence-electron chi connectivity index (χ4n) is 2.25. The summed E-state index contributed by atoms with van der Waals surface area (Å²) in [7, 11) is 0. The van der Waals surface area contributed by atoms with Gasteiger partial charge in [-0.05, 0) is 37.8 Å². The molecule has 0 unspecified atom stereocenters. The molecule has 1 aliphatic rings. The van der Waals surface area contributed by atoms with Gasteiger partial charge >= 0.3 is 5.97 Å². The number of carboxylic acid groups (broad SMARTS) is 1. The van der Waals surface area contributed by atoms with Crippen LogP contribution in [0.1, 0.15) is 37.3 Å². The topological polar surface area (TPSA) is 50.2 Å². The van der Waals surface area contributed by atoms with Crippen molar-refractivity contribution < 1.29 is 9.90 Å². The minimum Gasteiger partial charge on any atom is -0.481 e. The van der Waals surface area contributed by atoms with E-state index in [1.165, 1.54) is 0 Å². The molecule has 3 heteroatoms. The van der Waals surface area contributed by atoms with Gasteiger partial charge in [-0.15, -0.1) is 0 Å². The molecule has 0 atom stereocenters. The monoisotopic (exact) mass is 205 g/mol. The first kappa shape index (κ1) is 10.1. The van der Waals surface area contributed by atoms with E-state index in [0.717, 1.165) is 31.4 Å². The number of carbonyl (C=O) groups is 1. The molecule has 0 aliphatic heterocycles. The van der Waals surface area contributed by atoms with Crippen molar-refractivity contribution in [2.45, 2.75) is 31.6 Å². The fourth-order valence-corrected chi connectivity index (χ4v) is 2.25. The summed E-state index contributed by atoms with van der Waals surface area (Å²) < 4.78 is 0. The van der Waals surface area contributed by atoms with Crippen molar-refractivity contribution in [2.75, 3.05) is 0 Å². The Labute approximate surface area is 89.2 Å². The summed E-state index contributed by atoms with van der Waals surface area (Å²) >= 11 is 0. The Balaban J connectivity index is 1.97. The van der Waals surface area contributed by atoms with Gasteiger partial charge in [0.25, 0.3) is 0 Å². The summed E-state index contributed by atoms with van der Waals surface area (Å²) in [5, 5.41) is 8.88. The lowest BCUT2D eigenvalue weighted by molar-refractivity contribution is -0.142.